The molecule has 1 amide bonds. The molecule has 19 heavy (non-hydrogen) atoms. The van der Waals surface area contributed by atoms with Gasteiger partial charge < -0.3 is 10.2 Å². The summed E-state index contributed by atoms with van der Waals surface area (Å²) in [6.45, 7) is 2.15. The molecule has 0 atom stereocenters. The molecule has 1 aliphatic rings. The molecule has 6 heteroatoms. The van der Waals surface area contributed by atoms with Gasteiger partial charge in [-0.3, -0.25) is 4.79 Å². The molecule has 0 saturated carbocycles. The van der Waals surface area contributed by atoms with E-state index in [4.69, 9.17) is 0 Å². The van der Waals surface area contributed by atoms with Crippen LogP contribution >= 0.6 is 11.3 Å². The third kappa shape index (κ3) is 2.64. The van der Waals surface area contributed by atoms with E-state index in [2.05, 4.69) is 27.2 Å². The second-order valence-corrected chi connectivity index (χ2v) is 5.44. The Balaban J connectivity index is 1.64. The van der Waals surface area contributed by atoms with Crippen molar-refractivity contribution in [2.45, 2.75) is 5.92 Å². The van der Waals surface area contributed by atoms with Gasteiger partial charge in [0.05, 0.1) is 5.51 Å². The number of carbonyl (C=O) groups is 1. The largest absolute Gasteiger partial charge is 0.305 e. The topological polar surface area (TPSA) is 58.1 Å². The van der Waals surface area contributed by atoms with Crippen molar-refractivity contribution in [2.24, 2.45) is 0 Å². The Morgan fingerprint density at radius 1 is 1.42 bits per heavy atom. The summed E-state index contributed by atoms with van der Waals surface area (Å²) in [4.78, 5) is 22.3. The van der Waals surface area contributed by atoms with Gasteiger partial charge in [-0.1, -0.05) is 6.07 Å². The molecule has 1 N–H and O–H groups in total. The molecule has 2 aromatic rings. The Morgan fingerprint density at radius 2 is 2.26 bits per heavy atom. The van der Waals surface area contributed by atoms with Crippen LogP contribution in [0, 0.1) is 0 Å². The van der Waals surface area contributed by atoms with Crippen molar-refractivity contribution in [3.8, 4) is 0 Å². The highest BCUT2D eigenvalue weighted by Gasteiger charge is 2.24. The van der Waals surface area contributed by atoms with Crippen LogP contribution in [0.1, 0.15) is 22.0 Å². The predicted octanol–water partition coefficient (Wildman–Crippen LogP) is 1.82. The second kappa shape index (κ2) is 5.07. The fourth-order valence-electron chi connectivity index (χ4n) is 2.14. The van der Waals surface area contributed by atoms with Gasteiger partial charge in [0.25, 0.3) is 5.91 Å². The number of amides is 1. The summed E-state index contributed by atoms with van der Waals surface area (Å²) in [7, 11) is 2.10. The number of aromatic nitrogens is 2. The number of carbonyl (C=O) groups excluding carboxylic acids is 1. The van der Waals surface area contributed by atoms with E-state index in [-0.39, 0.29) is 5.91 Å². The van der Waals surface area contributed by atoms with Crippen LogP contribution in [0.25, 0.3) is 0 Å². The first-order chi connectivity index (χ1) is 9.22. The van der Waals surface area contributed by atoms with Gasteiger partial charge in [-0.05, 0) is 18.7 Å². The van der Waals surface area contributed by atoms with Gasteiger partial charge in [-0.15, -0.1) is 11.3 Å². The molecule has 0 spiro atoms. The summed E-state index contributed by atoms with van der Waals surface area (Å²) in [5, 5.41) is 4.46. The van der Waals surface area contributed by atoms with E-state index in [1.807, 2.05) is 18.3 Å². The number of thiazole rings is 1. The number of nitrogens with zero attached hydrogens (tertiary/aromatic N) is 3. The van der Waals surface area contributed by atoms with Crippen molar-refractivity contribution in [3.63, 3.8) is 0 Å². The average molecular weight is 274 g/mol. The van der Waals surface area contributed by atoms with Crippen molar-refractivity contribution in [1.29, 1.82) is 0 Å². The predicted molar refractivity (Wildman–Crippen MR) is 74.5 cm³/mol. The average Bonchev–Trinajstić information content (AvgIpc) is 2.90. The summed E-state index contributed by atoms with van der Waals surface area (Å²) in [6, 6.07) is 3.87. The Morgan fingerprint density at radius 3 is 2.84 bits per heavy atom. The van der Waals surface area contributed by atoms with E-state index in [0.717, 1.165) is 13.1 Å². The third-order valence-electron chi connectivity index (χ3n) is 3.23. The number of nitrogens with one attached hydrogen (secondary N) is 1. The van der Waals surface area contributed by atoms with Gasteiger partial charge in [-0.25, -0.2) is 9.97 Å². The van der Waals surface area contributed by atoms with Crippen LogP contribution in [0.3, 0.4) is 0 Å². The Bertz CT molecular complexity index is 561. The molecule has 3 heterocycles. The third-order valence-corrected chi connectivity index (χ3v) is 3.81. The molecule has 0 radical (unpaired) electrons. The van der Waals surface area contributed by atoms with E-state index in [1.165, 1.54) is 16.9 Å². The first kappa shape index (κ1) is 12.3. The summed E-state index contributed by atoms with van der Waals surface area (Å²) >= 11 is 1.40. The van der Waals surface area contributed by atoms with Crippen LogP contribution in [0.2, 0.25) is 0 Å². The maximum absolute atomic E-state index is 11.8. The van der Waals surface area contributed by atoms with Gasteiger partial charge in [0.15, 0.2) is 0 Å². The molecule has 0 unspecified atom stereocenters. The fourth-order valence-corrected chi connectivity index (χ4v) is 2.67. The molecule has 0 aromatic carbocycles. The molecule has 0 bridgehead atoms. The van der Waals surface area contributed by atoms with Crippen LogP contribution in [0.15, 0.2) is 29.2 Å². The number of hydrogen-bond acceptors (Lipinski definition) is 5. The lowest BCUT2D eigenvalue weighted by molar-refractivity contribution is 0.102. The smallest absolute Gasteiger partial charge is 0.276 e. The summed E-state index contributed by atoms with van der Waals surface area (Å²) in [5.74, 6) is 0.917. The highest BCUT2D eigenvalue weighted by atomic mass is 32.1. The monoisotopic (exact) mass is 274 g/mol. The zero-order chi connectivity index (χ0) is 13.2. The first-order valence-corrected chi connectivity index (χ1v) is 7.00. The highest BCUT2D eigenvalue weighted by molar-refractivity contribution is 7.07. The molecule has 98 valence electrons. The van der Waals surface area contributed by atoms with Gasteiger partial charge >= 0.3 is 0 Å². The van der Waals surface area contributed by atoms with Crippen molar-refractivity contribution < 1.29 is 4.79 Å². The quantitative estimate of drug-likeness (QED) is 0.927. The van der Waals surface area contributed by atoms with Crippen LogP contribution in [0.4, 0.5) is 5.82 Å². The Hall–Kier alpha value is -1.79. The Kier molecular flexibility index (Phi) is 3.27. The lowest BCUT2D eigenvalue weighted by Gasteiger charge is -2.36. The number of likely N-dealkylation sites (tertiary alicyclic amines) is 1. The van der Waals surface area contributed by atoms with Gasteiger partial charge in [0.1, 0.15) is 11.5 Å². The molecule has 1 saturated heterocycles. The van der Waals surface area contributed by atoms with Crippen molar-refractivity contribution in [1.82, 2.24) is 14.9 Å². The molecule has 5 nitrogen and oxygen atoms in total. The first-order valence-electron chi connectivity index (χ1n) is 6.06. The SMILES string of the molecule is CN1CC(c2ccc(NC(=O)c3cscn3)nc2)C1. The minimum absolute atomic E-state index is 0.218. The van der Waals surface area contributed by atoms with E-state index in [9.17, 15) is 4.79 Å². The van der Waals surface area contributed by atoms with E-state index < -0.39 is 0 Å². The lowest BCUT2D eigenvalue weighted by atomic mass is 9.93. The number of likely N-dealkylation sites (N-methyl/N-ethyl adjacent to an activating group) is 1. The lowest BCUT2D eigenvalue weighted by Crippen LogP contribution is -2.41. The van der Waals surface area contributed by atoms with Crippen molar-refractivity contribution >= 4 is 23.1 Å². The zero-order valence-electron chi connectivity index (χ0n) is 10.5. The van der Waals surface area contributed by atoms with Crippen LogP contribution < -0.4 is 5.32 Å². The van der Waals surface area contributed by atoms with Gasteiger partial charge in [0.2, 0.25) is 0 Å². The maximum Gasteiger partial charge on any atom is 0.276 e. The summed E-state index contributed by atoms with van der Waals surface area (Å²) in [6.07, 6.45) is 1.84. The normalized spacial score (nSPS) is 16.1. The van der Waals surface area contributed by atoms with E-state index in [1.54, 1.807) is 10.9 Å². The van der Waals surface area contributed by atoms with Crippen molar-refractivity contribution in [3.05, 3.63) is 40.5 Å². The Labute approximate surface area is 115 Å². The van der Waals surface area contributed by atoms with E-state index >= 15 is 0 Å². The minimum atomic E-state index is -0.218. The molecule has 1 aliphatic heterocycles. The molecule has 3 rings (SSSR count). The van der Waals surface area contributed by atoms with E-state index in [0.29, 0.717) is 17.4 Å². The molecular weight excluding hydrogens is 260 g/mol. The van der Waals surface area contributed by atoms with Crippen LogP contribution in [0.5, 0.6) is 0 Å². The highest BCUT2D eigenvalue weighted by Crippen LogP contribution is 2.25. The second-order valence-electron chi connectivity index (χ2n) is 4.72. The standard InChI is InChI=1S/C13H14N4OS/c1-17-5-10(6-17)9-2-3-12(14-4-9)16-13(18)11-7-19-8-15-11/h2-4,7-8,10H,5-6H2,1H3,(H,14,16,18). The number of rotatable bonds is 3. The molecule has 0 aliphatic carbocycles. The minimum Gasteiger partial charge on any atom is -0.305 e. The zero-order valence-corrected chi connectivity index (χ0v) is 11.4. The molecule has 1 fully saturated rings. The fraction of sp³-hybridized carbons (Fsp3) is 0.308. The summed E-state index contributed by atoms with van der Waals surface area (Å²) < 4.78 is 0. The number of anilines is 1. The van der Waals surface area contributed by atoms with Crippen LogP contribution in [-0.2, 0) is 0 Å². The van der Waals surface area contributed by atoms with Gasteiger partial charge in [0, 0.05) is 30.6 Å². The maximum atomic E-state index is 11.8. The molecular formula is C13H14N4OS. The van der Waals surface area contributed by atoms with Crippen molar-refractivity contribution in [2.75, 3.05) is 25.5 Å². The van der Waals surface area contributed by atoms with Crippen LogP contribution in [-0.4, -0.2) is 40.9 Å². The number of pyridine rings is 1. The summed E-state index contributed by atoms with van der Waals surface area (Å²) in [5.41, 5.74) is 3.29. The number of hydrogen-bond donors (Lipinski definition) is 1. The molecule has 2 aromatic heterocycles. The van der Waals surface area contributed by atoms with Gasteiger partial charge in [-0.2, -0.15) is 0 Å².